The minimum Gasteiger partial charge on any atom is -0.360 e. The molecule has 3 aromatic rings. The number of nitrogens with zero attached hydrogens (tertiary/aromatic N) is 2. The van der Waals surface area contributed by atoms with Crippen LogP contribution < -0.4 is 10.0 Å². The van der Waals surface area contributed by atoms with Crippen molar-refractivity contribution in [2.75, 3.05) is 6.54 Å². The number of benzene rings is 1. The molecule has 0 saturated carbocycles. The number of aromatic nitrogens is 3. The number of carbonyl (C=O) groups excluding carboxylic acids is 1. The summed E-state index contributed by atoms with van der Waals surface area (Å²) in [7, 11) is -3.89. The van der Waals surface area contributed by atoms with Crippen LogP contribution in [0.4, 0.5) is 0 Å². The van der Waals surface area contributed by atoms with Crippen LogP contribution in [0.2, 0.25) is 0 Å². The Morgan fingerprint density at radius 3 is 2.71 bits per heavy atom. The van der Waals surface area contributed by atoms with Crippen molar-refractivity contribution in [2.45, 2.75) is 44.6 Å². The molecule has 9 nitrogen and oxygen atoms in total. The number of amides is 1. The second kappa shape index (κ2) is 8.11. The summed E-state index contributed by atoms with van der Waals surface area (Å²) in [4.78, 5) is 19.9. The van der Waals surface area contributed by atoms with Gasteiger partial charge < -0.3 is 14.8 Å². The third kappa shape index (κ3) is 4.39. The number of para-hydroxylation sites is 2. The number of nitrogens with one attached hydrogen (secondary N) is 3. The number of carbonyl (C=O) groups is 1. The number of sulfonamides is 1. The Morgan fingerprint density at radius 1 is 1.29 bits per heavy atom. The van der Waals surface area contributed by atoms with E-state index in [1.807, 2.05) is 24.3 Å². The van der Waals surface area contributed by atoms with Crippen molar-refractivity contribution in [1.29, 1.82) is 0 Å². The number of imidazole rings is 1. The van der Waals surface area contributed by atoms with E-state index in [1.165, 1.54) is 20.8 Å². The molecule has 0 bridgehead atoms. The molecule has 2 heterocycles. The van der Waals surface area contributed by atoms with Gasteiger partial charge in [0.05, 0.1) is 17.1 Å². The highest BCUT2D eigenvalue weighted by atomic mass is 32.2. The average molecular weight is 405 g/mol. The molecule has 2 aromatic heterocycles. The van der Waals surface area contributed by atoms with Gasteiger partial charge in [0.25, 0.3) is 0 Å². The first-order valence-electron chi connectivity index (χ1n) is 8.94. The lowest BCUT2D eigenvalue weighted by Crippen LogP contribution is -2.45. The fourth-order valence-electron chi connectivity index (χ4n) is 2.95. The predicted molar refractivity (Wildman–Crippen MR) is 103 cm³/mol. The molecule has 0 aliphatic carbocycles. The monoisotopic (exact) mass is 405 g/mol. The number of fused-ring (bicyclic) bond motifs is 1. The third-order valence-electron chi connectivity index (χ3n) is 4.29. The van der Waals surface area contributed by atoms with E-state index >= 15 is 0 Å². The van der Waals surface area contributed by atoms with Gasteiger partial charge in [-0.2, -0.15) is 4.72 Å². The zero-order chi connectivity index (χ0) is 20.3. The van der Waals surface area contributed by atoms with Gasteiger partial charge in [-0.05, 0) is 39.3 Å². The molecule has 3 N–H and O–H groups in total. The van der Waals surface area contributed by atoms with Crippen LogP contribution in [0, 0.1) is 13.8 Å². The molecule has 3 rings (SSSR count). The van der Waals surface area contributed by atoms with Gasteiger partial charge >= 0.3 is 0 Å². The Hall–Kier alpha value is -2.72. The van der Waals surface area contributed by atoms with Gasteiger partial charge in [-0.1, -0.05) is 17.3 Å². The molecule has 0 saturated heterocycles. The molecular weight excluding hydrogens is 382 g/mol. The first kappa shape index (κ1) is 20.0. The van der Waals surface area contributed by atoms with Crippen molar-refractivity contribution in [1.82, 2.24) is 25.2 Å². The molecule has 0 fully saturated rings. The van der Waals surface area contributed by atoms with Gasteiger partial charge in [-0.25, -0.2) is 13.4 Å². The summed E-state index contributed by atoms with van der Waals surface area (Å²) >= 11 is 0. The summed E-state index contributed by atoms with van der Waals surface area (Å²) in [5, 5.41) is 6.37. The molecule has 150 valence electrons. The maximum atomic E-state index is 12.4. The van der Waals surface area contributed by atoms with Crippen LogP contribution in [0.1, 0.15) is 30.6 Å². The highest BCUT2D eigenvalue weighted by Gasteiger charge is 2.27. The van der Waals surface area contributed by atoms with E-state index in [-0.39, 0.29) is 16.3 Å². The van der Waals surface area contributed by atoms with Gasteiger partial charge in [-0.3, -0.25) is 4.79 Å². The van der Waals surface area contributed by atoms with E-state index in [2.05, 4.69) is 25.2 Å². The SMILES string of the molecule is Cc1noc(C)c1S(=O)(=O)NC(C)C(=O)NCCCc1nc2ccccc2[nH]1. The van der Waals surface area contributed by atoms with Crippen molar-refractivity contribution in [3.63, 3.8) is 0 Å². The predicted octanol–water partition coefficient (Wildman–Crippen LogP) is 1.58. The number of hydrogen-bond donors (Lipinski definition) is 3. The van der Waals surface area contributed by atoms with Gasteiger partial charge in [0.15, 0.2) is 5.76 Å². The van der Waals surface area contributed by atoms with Crippen molar-refractivity contribution in [2.24, 2.45) is 0 Å². The van der Waals surface area contributed by atoms with Crippen LogP contribution in [-0.2, 0) is 21.2 Å². The first-order chi connectivity index (χ1) is 13.3. The Labute approximate surface area is 163 Å². The topological polar surface area (TPSA) is 130 Å². The number of hydrogen-bond acceptors (Lipinski definition) is 6. The molecule has 10 heteroatoms. The van der Waals surface area contributed by atoms with Gasteiger partial charge in [-0.15, -0.1) is 0 Å². The van der Waals surface area contributed by atoms with Crippen LogP contribution in [0.15, 0.2) is 33.7 Å². The summed E-state index contributed by atoms with van der Waals surface area (Å²) in [5.74, 6) is 0.631. The molecule has 28 heavy (non-hydrogen) atoms. The maximum absolute atomic E-state index is 12.4. The van der Waals surface area contributed by atoms with Crippen LogP contribution >= 0.6 is 0 Å². The molecule has 1 amide bonds. The third-order valence-corrected chi connectivity index (χ3v) is 6.07. The Balaban J connectivity index is 1.49. The lowest BCUT2D eigenvalue weighted by Gasteiger charge is -2.14. The van der Waals surface area contributed by atoms with Crippen molar-refractivity contribution in [3.8, 4) is 0 Å². The maximum Gasteiger partial charge on any atom is 0.246 e. The molecule has 1 atom stereocenters. The summed E-state index contributed by atoms with van der Waals surface area (Å²) in [6, 6.07) is 6.84. The Kier molecular flexibility index (Phi) is 5.80. The molecular formula is C18H23N5O4S. The van der Waals surface area contributed by atoms with Crippen LogP contribution in [0.5, 0.6) is 0 Å². The first-order valence-corrected chi connectivity index (χ1v) is 10.4. The number of H-pyrrole nitrogens is 1. The molecule has 0 spiro atoms. The summed E-state index contributed by atoms with van der Waals surface area (Å²) in [5.41, 5.74) is 2.14. The zero-order valence-corrected chi connectivity index (χ0v) is 16.8. The smallest absolute Gasteiger partial charge is 0.246 e. The van der Waals surface area contributed by atoms with Gasteiger partial charge in [0, 0.05) is 13.0 Å². The normalized spacial score (nSPS) is 13.0. The van der Waals surface area contributed by atoms with E-state index in [9.17, 15) is 13.2 Å². The second-order valence-corrected chi connectivity index (χ2v) is 8.24. The largest absolute Gasteiger partial charge is 0.360 e. The molecule has 0 radical (unpaired) electrons. The van der Waals surface area contributed by atoms with Crippen LogP contribution in [-0.4, -0.2) is 42.0 Å². The fourth-order valence-corrected chi connectivity index (χ4v) is 4.48. The molecule has 0 aliphatic rings. The fraction of sp³-hybridized carbons (Fsp3) is 0.389. The Bertz CT molecular complexity index is 1030. The number of aryl methyl sites for hydroxylation is 3. The van der Waals surface area contributed by atoms with E-state index in [1.54, 1.807) is 0 Å². The highest BCUT2D eigenvalue weighted by Crippen LogP contribution is 2.18. The van der Waals surface area contributed by atoms with E-state index in [0.717, 1.165) is 16.9 Å². The number of aromatic amines is 1. The Morgan fingerprint density at radius 2 is 2.04 bits per heavy atom. The molecule has 0 aliphatic heterocycles. The lowest BCUT2D eigenvalue weighted by molar-refractivity contribution is -0.122. The van der Waals surface area contributed by atoms with Crippen molar-refractivity contribution >= 4 is 27.0 Å². The number of rotatable bonds is 8. The van der Waals surface area contributed by atoms with Crippen LogP contribution in [0.3, 0.4) is 0 Å². The van der Waals surface area contributed by atoms with Gasteiger partial charge in [0.2, 0.25) is 15.9 Å². The van der Waals surface area contributed by atoms with E-state index < -0.39 is 22.0 Å². The summed E-state index contributed by atoms with van der Waals surface area (Å²) in [6.07, 6.45) is 1.35. The van der Waals surface area contributed by atoms with E-state index in [0.29, 0.717) is 19.4 Å². The average Bonchev–Trinajstić information content (AvgIpc) is 3.20. The minimum atomic E-state index is -3.89. The zero-order valence-electron chi connectivity index (χ0n) is 15.9. The summed E-state index contributed by atoms with van der Waals surface area (Å²) < 4.78 is 32.1. The van der Waals surface area contributed by atoms with Crippen molar-refractivity contribution < 1.29 is 17.7 Å². The van der Waals surface area contributed by atoms with E-state index in [4.69, 9.17) is 4.52 Å². The second-order valence-electron chi connectivity index (χ2n) is 6.59. The highest BCUT2D eigenvalue weighted by molar-refractivity contribution is 7.89. The van der Waals surface area contributed by atoms with Gasteiger partial charge in [0.1, 0.15) is 16.4 Å². The molecule has 1 unspecified atom stereocenters. The molecule has 1 aromatic carbocycles. The van der Waals surface area contributed by atoms with Crippen LogP contribution in [0.25, 0.3) is 11.0 Å². The lowest BCUT2D eigenvalue weighted by atomic mass is 10.3. The summed E-state index contributed by atoms with van der Waals surface area (Å²) in [6.45, 7) is 4.95. The van der Waals surface area contributed by atoms with Crippen molar-refractivity contribution in [3.05, 3.63) is 41.5 Å². The standard InChI is InChI=1S/C18H23N5O4S/c1-11-17(13(3)27-22-11)28(25,26)23-12(2)18(24)19-10-6-9-16-20-14-7-4-5-8-15(14)21-16/h4-5,7-8,12,23H,6,9-10H2,1-3H3,(H,19,24)(H,20,21). The minimum absolute atomic E-state index is 0.0305. The quantitative estimate of drug-likeness (QED) is 0.488.